The first-order chi connectivity index (χ1) is 25.4. The molecule has 2 N–H and O–H groups in total. The smallest absolute Gasteiger partial charge is 0.331 e. The lowest BCUT2D eigenvalue weighted by Crippen LogP contribution is -2.46. The number of aliphatic hydroxyl groups excluding tert-OH is 1. The zero-order chi connectivity index (χ0) is 36.3. The first-order valence-corrected chi connectivity index (χ1v) is 19.3. The number of nitrogens with one attached hydrogen (secondary N) is 1. The Kier molecular flexibility index (Phi) is 13.4. The fourth-order valence-corrected chi connectivity index (χ4v) is 7.61. The van der Waals surface area contributed by atoms with Gasteiger partial charge >= 0.3 is 6.03 Å². The number of urea groups is 1. The Morgan fingerprint density at radius 2 is 1.75 bits per heavy atom. The number of amides is 2. The standard InChI is InChI=1S/C37H45Cl2N7O5S/c1-2-3-15-46(52-21-4-20-47)36(48)42-29-6-8-30(9-7-29)43-16-18-44(19-17-43)31-10-12-32(13-11-31)49-23-33-24-50-37(51-33,25-45-27-40-26-41-45)34-14-5-28(38)22-35(34)39/h5-14,22,26-27,33,47H,2-4,15-21,23-25H2,1H3,(H,42,48). The summed E-state index contributed by atoms with van der Waals surface area (Å²) in [7, 11) is 0. The third-order valence-electron chi connectivity index (χ3n) is 8.93. The van der Waals surface area contributed by atoms with Gasteiger partial charge in [0.25, 0.3) is 0 Å². The number of nitrogens with zero attached hydrogens (tertiary/aromatic N) is 6. The van der Waals surface area contributed by atoms with Crippen molar-refractivity contribution in [1.82, 2.24) is 19.1 Å². The third-order valence-corrected chi connectivity index (χ3v) is 10.6. The van der Waals surface area contributed by atoms with Crippen molar-refractivity contribution in [3.8, 4) is 5.75 Å². The minimum absolute atomic E-state index is 0.124. The van der Waals surface area contributed by atoms with Crippen LogP contribution in [0.4, 0.5) is 21.9 Å². The number of carbonyl (C=O) groups is 1. The van der Waals surface area contributed by atoms with Gasteiger partial charge in [-0.05, 0) is 85.5 Å². The average molecular weight is 771 g/mol. The van der Waals surface area contributed by atoms with Gasteiger partial charge in [0.2, 0.25) is 5.79 Å². The van der Waals surface area contributed by atoms with Crippen molar-refractivity contribution in [2.45, 2.75) is 44.6 Å². The van der Waals surface area contributed by atoms with Gasteiger partial charge < -0.3 is 34.4 Å². The molecule has 0 aliphatic carbocycles. The molecule has 6 rings (SSSR count). The van der Waals surface area contributed by atoms with E-state index in [2.05, 4.69) is 56.4 Å². The number of hydrogen-bond acceptors (Lipinski definition) is 10. The molecule has 2 fully saturated rings. The van der Waals surface area contributed by atoms with Crippen LogP contribution in [-0.4, -0.2) is 94.6 Å². The van der Waals surface area contributed by atoms with Gasteiger partial charge in [0.1, 0.15) is 37.7 Å². The van der Waals surface area contributed by atoms with Gasteiger partial charge in [-0.1, -0.05) is 42.6 Å². The predicted molar refractivity (Wildman–Crippen MR) is 207 cm³/mol. The minimum atomic E-state index is -1.16. The molecule has 2 aliphatic rings. The Morgan fingerprint density at radius 1 is 1.04 bits per heavy atom. The molecule has 2 atom stereocenters. The fourth-order valence-electron chi connectivity index (χ4n) is 6.15. The van der Waals surface area contributed by atoms with Crippen molar-refractivity contribution in [2.75, 3.05) is 73.4 Å². The number of piperazine rings is 1. The lowest BCUT2D eigenvalue weighted by molar-refractivity contribution is -0.190. The Morgan fingerprint density at radius 3 is 2.38 bits per heavy atom. The molecule has 1 aromatic heterocycles. The minimum Gasteiger partial charge on any atom is -0.491 e. The van der Waals surface area contributed by atoms with E-state index < -0.39 is 5.79 Å². The highest BCUT2D eigenvalue weighted by atomic mass is 35.5. The van der Waals surface area contributed by atoms with E-state index >= 15 is 0 Å². The molecule has 0 bridgehead atoms. The van der Waals surface area contributed by atoms with Crippen molar-refractivity contribution >= 4 is 58.2 Å². The summed E-state index contributed by atoms with van der Waals surface area (Å²) in [4.78, 5) is 21.7. The molecule has 3 heterocycles. The van der Waals surface area contributed by atoms with Gasteiger partial charge in [-0.3, -0.25) is 4.31 Å². The topological polar surface area (TPSA) is 117 Å². The molecule has 278 valence electrons. The lowest BCUT2D eigenvalue weighted by Gasteiger charge is -2.37. The third kappa shape index (κ3) is 9.82. The highest BCUT2D eigenvalue weighted by Gasteiger charge is 2.45. The molecule has 2 aliphatic heterocycles. The summed E-state index contributed by atoms with van der Waals surface area (Å²) >= 11 is 14.2. The fraction of sp³-hybridized carbons (Fsp3) is 0.432. The summed E-state index contributed by atoms with van der Waals surface area (Å²) in [5, 5.41) is 17.3. The maximum atomic E-state index is 12.9. The summed E-state index contributed by atoms with van der Waals surface area (Å²) in [6.07, 6.45) is 5.34. The number of ether oxygens (including phenoxy) is 3. The Balaban J connectivity index is 0.975. The first-order valence-electron chi connectivity index (χ1n) is 17.6. The molecule has 15 heteroatoms. The first kappa shape index (κ1) is 38.0. The molecule has 3 aromatic carbocycles. The van der Waals surface area contributed by atoms with Crippen molar-refractivity contribution in [2.24, 2.45) is 0 Å². The summed E-state index contributed by atoms with van der Waals surface area (Å²) in [6.45, 7) is 7.30. The van der Waals surface area contributed by atoms with E-state index in [0.29, 0.717) is 47.5 Å². The number of hydrogen-bond donors (Lipinski definition) is 2. The van der Waals surface area contributed by atoms with Crippen molar-refractivity contribution in [3.63, 3.8) is 0 Å². The van der Waals surface area contributed by atoms with E-state index in [0.717, 1.165) is 61.8 Å². The lowest BCUT2D eigenvalue weighted by atomic mass is 10.1. The van der Waals surface area contributed by atoms with Crippen LogP contribution in [0.25, 0.3) is 0 Å². The van der Waals surface area contributed by atoms with Crippen LogP contribution >= 0.6 is 35.1 Å². The van der Waals surface area contributed by atoms with E-state index in [1.54, 1.807) is 27.4 Å². The highest BCUT2D eigenvalue weighted by Crippen LogP contribution is 2.40. The van der Waals surface area contributed by atoms with Crippen LogP contribution in [0, 0.1) is 0 Å². The van der Waals surface area contributed by atoms with Crippen LogP contribution in [0.5, 0.6) is 5.75 Å². The van der Waals surface area contributed by atoms with Crippen LogP contribution in [0.3, 0.4) is 0 Å². The Labute approximate surface area is 319 Å². The molecule has 12 nitrogen and oxygen atoms in total. The number of aliphatic hydroxyl groups is 1. The molecular weight excluding hydrogens is 725 g/mol. The second-order valence-electron chi connectivity index (χ2n) is 12.6. The summed E-state index contributed by atoms with van der Waals surface area (Å²) in [6, 6.07) is 21.3. The van der Waals surface area contributed by atoms with Gasteiger partial charge in [-0.15, -0.1) is 0 Å². The van der Waals surface area contributed by atoms with E-state index in [1.807, 2.05) is 30.3 Å². The van der Waals surface area contributed by atoms with Crippen LogP contribution in [-0.2, 0) is 21.8 Å². The van der Waals surface area contributed by atoms with Gasteiger partial charge in [0.05, 0.1) is 11.6 Å². The van der Waals surface area contributed by atoms with Crippen LogP contribution < -0.4 is 19.9 Å². The second kappa shape index (κ2) is 18.4. The van der Waals surface area contributed by atoms with E-state index in [4.69, 9.17) is 42.5 Å². The number of carbonyl (C=O) groups excluding carboxylic acids is 1. The molecule has 0 spiro atoms. The van der Waals surface area contributed by atoms with E-state index in [-0.39, 0.29) is 25.3 Å². The van der Waals surface area contributed by atoms with Gasteiger partial charge in [-0.25, -0.2) is 14.5 Å². The molecule has 0 radical (unpaired) electrons. The quantitative estimate of drug-likeness (QED) is 0.0919. The molecular formula is C37H45Cl2N7O5S. The molecule has 2 amide bonds. The molecule has 4 aromatic rings. The van der Waals surface area contributed by atoms with Crippen molar-refractivity contribution in [3.05, 3.63) is 95.0 Å². The number of anilines is 3. The zero-order valence-corrected chi connectivity index (χ0v) is 31.5. The molecule has 2 saturated heterocycles. The van der Waals surface area contributed by atoms with E-state index in [9.17, 15) is 4.79 Å². The van der Waals surface area contributed by atoms with Crippen LogP contribution in [0.1, 0.15) is 31.7 Å². The largest absolute Gasteiger partial charge is 0.491 e. The normalized spacial score (nSPS) is 18.8. The number of benzene rings is 3. The van der Waals surface area contributed by atoms with Gasteiger partial charge in [0.15, 0.2) is 0 Å². The molecule has 0 saturated carbocycles. The SMILES string of the molecule is CCCCN(SCCCO)C(=O)Nc1ccc(N2CCN(c3ccc(OCC4COC(Cn5cncn5)(c5ccc(Cl)cc5Cl)O4)cc3)CC2)cc1. The van der Waals surface area contributed by atoms with Crippen LogP contribution in [0.2, 0.25) is 10.0 Å². The number of unbranched alkanes of at least 4 members (excludes halogenated alkanes) is 1. The van der Waals surface area contributed by atoms with Gasteiger partial charge in [-0.2, -0.15) is 5.10 Å². The molecule has 52 heavy (non-hydrogen) atoms. The maximum absolute atomic E-state index is 12.9. The van der Waals surface area contributed by atoms with Crippen molar-refractivity contribution in [1.29, 1.82) is 0 Å². The highest BCUT2D eigenvalue weighted by molar-refractivity contribution is 7.97. The predicted octanol–water partition coefficient (Wildman–Crippen LogP) is 6.92. The molecule has 2 unspecified atom stereocenters. The number of aromatic nitrogens is 3. The number of rotatable bonds is 16. The van der Waals surface area contributed by atoms with Crippen LogP contribution in [0.15, 0.2) is 79.4 Å². The van der Waals surface area contributed by atoms with E-state index in [1.165, 1.54) is 18.3 Å². The summed E-state index contributed by atoms with van der Waals surface area (Å²) in [5.41, 5.74) is 3.70. The average Bonchev–Trinajstić information content (AvgIpc) is 3.83. The van der Waals surface area contributed by atoms with Gasteiger partial charge in [0, 0.05) is 72.7 Å². The summed E-state index contributed by atoms with van der Waals surface area (Å²) < 4.78 is 22.3. The Bertz CT molecular complexity index is 1710. The monoisotopic (exact) mass is 769 g/mol. The maximum Gasteiger partial charge on any atom is 0.331 e. The number of halogens is 2. The Hall–Kier alpha value is -3.72. The summed E-state index contributed by atoms with van der Waals surface area (Å²) in [5.74, 6) is 0.288. The zero-order valence-electron chi connectivity index (χ0n) is 29.2. The van der Waals surface area contributed by atoms with Crippen molar-refractivity contribution < 1.29 is 24.1 Å². The second-order valence-corrected chi connectivity index (χ2v) is 14.6.